The number of aromatic nitrogens is 3. The fourth-order valence-corrected chi connectivity index (χ4v) is 3.32. The minimum absolute atomic E-state index is 0.878. The molecule has 0 radical (unpaired) electrons. The molecule has 0 aromatic carbocycles. The minimum atomic E-state index is 0.878. The Kier molecular flexibility index (Phi) is 4.27. The van der Waals surface area contributed by atoms with E-state index in [4.69, 9.17) is 4.98 Å². The van der Waals surface area contributed by atoms with Gasteiger partial charge in [-0.3, -0.25) is 0 Å². The van der Waals surface area contributed by atoms with Crippen molar-refractivity contribution >= 4 is 17.3 Å². The van der Waals surface area contributed by atoms with Crippen molar-refractivity contribution in [3.63, 3.8) is 0 Å². The molecule has 0 saturated carbocycles. The average molecular weight is 287 g/mol. The van der Waals surface area contributed by atoms with Crippen LogP contribution in [0.2, 0.25) is 0 Å². The van der Waals surface area contributed by atoms with E-state index in [0.717, 1.165) is 36.3 Å². The molecule has 1 fully saturated rings. The SMILES string of the molecule is CCCC1CCCN(c2nc(NC)cn3ccnc23)CC1. The van der Waals surface area contributed by atoms with Crippen LogP contribution >= 0.6 is 0 Å². The summed E-state index contributed by atoms with van der Waals surface area (Å²) in [6.07, 6.45) is 12.3. The van der Waals surface area contributed by atoms with Gasteiger partial charge in [-0.05, 0) is 25.2 Å². The number of nitrogens with one attached hydrogen (secondary N) is 1. The zero-order chi connectivity index (χ0) is 14.7. The Balaban J connectivity index is 1.87. The molecule has 114 valence electrons. The van der Waals surface area contributed by atoms with Crippen LogP contribution in [0.5, 0.6) is 0 Å². The van der Waals surface area contributed by atoms with Crippen LogP contribution in [0.15, 0.2) is 18.6 Å². The number of rotatable bonds is 4. The summed E-state index contributed by atoms with van der Waals surface area (Å²) in [4.78, 5) is 11.7. The van der Waals surface area contributed by atoms with Crippen molar-refractivity contribution < 1.29 is 0 Å². The Morgan fingerprint density at radius 3 is 3.05 bits per heavy atom. The van der Waals surface area contributed by atoms with Gasteiger partial charge in [-0.15, -0.1) is 0 Å². The number of hydrogen-bond acceptors (Lipinski definition) is 4. The molecule has 0 aliphatic carbocycles. The van der Waals surface area contributed by atoms with Crippen molar-refractivity contribution in [2.24, 2.45) is 5.92 Å². The first-order valence-corrected chi connectivity index (χ1v) is 8.08. The third-order valence-corrected chi connectivity index (χ3v) is 4.46. The van der Waals surface area contributed by atoms with Crippen molar-refractivity contribution in [2.75, 3.05) is 30.4 Å². The summed E-state index contributed by atoms with van der Waals surface area (Å²) in [7, 11) is 1.91. The van der Waals surface area contributed by atoms with Crippen LogP contribution in [0, 0.1) is 5.92 Å². The van der Waals surface area contributed by atoms with E-state index < -0.39 is 0 Å². The predicted octanol–water partition coefficient (Wildman–Crippen LogP) is 3.18. The van der Waals surface area contributed by atoms with Crippen molar-refractivity contribution in [3.8, 4) is 0 Å². The molecule has 3 rings (SSSR count). The van der Waals surface area contributed by atoms with Crippen LogP contribution in [-0.2, 0) is 0 Å². The van der Waals surface area contributed by atoms with Crippen molar-refractivity contribution in [2.45, 2.75) is 39.0 Å². The third-order valence-electron chi connectivity index (χ3n) is 4.46. The van der Waals surface area contributed by atoms with Gasteiger partial charge in [0.15, 0.2) is 11.5 Å². The summed E-state index contributed by atoms with van der Waals surface area (Å²) in [6, 6.07) is 0. The molecule has 21 heavy (non-hydrogen) atoms. The maximum Gasteiger partial charge on any atom is 0.180 e. The Morgan fingerprint density at radius 2 is 2.24 bits per heavy atom. The van der Waals surface area contributed by atoms with Crippen LogP contribution in [0.1, 0.15) is 39.0 Å². The maximum absolute atomic E-state index is 4.76. The molecule has 5 nitrogen and oxygen atoms in total. The summed E-state index contributed by atoms with van der Waals surface area (Å²) in [6.45, 7) is 4.46. The second-order valence-electron chi connectivity index (χ2n) is 5.93. The van der Waals surface area contributed by atoms with Gasteiger partial charge in [0.05, 0.1) is 6.20 Å². The molecule has 1 atom stereocenters. The number of anilines is 2. The van der Waals surface area contributed by atoms with E-state index >= 15 is 0 Å². The smallest absolute Gasteiger partial charge is 0.180 e. The maximum atomic E-state index is 4.76. The Hall–Kier alpha value is -1.78. The van der Waals surface area contributed by atoms with Crippen LogP contribution < -0.4 is 10.2 Å². The average Bonchev–Trinajstić information content (AvgIpc) is 2.86. The largest absolute Gasteiger partial charge is 0.372 e. The summed E-state index contributed by atoms with van der Waals surface area (Å²) in [5.41, 5.74) is 0.961. The molecule has 2 aromatic rings. The first kappa shape index (κ1) is 14.2. The second kappa shape index (κ2) is 6.33. The van der Waals surface area contributed by atoms with Gasteiger partial charge in [-0.2, -0.15) is 0 Å². The van der Waals surface area contributed by atoms with Gasteiger partial charge in [-0.25, -0.2) is 9.97 Å². The quantitative estimate of drug-likeness (QED) is 0.938. The molecule has 2 aromatic heterocycles. The highest BCUT2D eigenvalue weighted by Crippen LogP contribution is 2.27. The van der Waals surface area contributed by atoms with Gasteiger partial charge >= 0.3 is 0 Å². The van der Waals surface area contributed by atoms with Crippen LogP contribution in [-0.4, -0.2) is 34.5 Å². The van der Waals surface area contributed by atoms with Gasteiger partial charge in [-0.1, -0.05) is 19.8 Å². The lowest BCUT2D eigenvalue weighted by Gasteiger charge is -2.22. The van der Waals surface area contributed by atoms with E-state index in [0.29, 0.717) is 0 Å². The summed E-state index contributed by atoms with van der Waals surface area (Å²) in [5, 5.41) is 3.15. The van der Waals surface area contributed by atoms with Crippen LogP contribution in [0.25, 0.3) is 5.65 Å². The number of imidazole rings is 1. The van der Waals surface area contributed by atoms with Gasteiger partial charge in [0, 0.05) is 32.5 Å². The highest BCUT2D eigenvalue weighted by molar-refractivity contribution is 5.66. The lowest BCUT2D eigenvalue weighted by atomic mass is 9.96. The lowest BCUT2D eigenvalue weighted by molar-refractivity contribution is 0.435. The Morgan fingerprint density at radius 1 is 1.33 bits per heavy atom. The summed E-state index contributed by atoms with van der Waals surface area (Å²) < 4.78 is 2.06. The molecule has 1 saturated heterocycles. The second-order valence-corrected chi connectivity index (χ2v) is 5.93. The van der Waals surface area contributed by atoms with Gasteiger partial charge < -0.3 is 14.6 Å². The predicted molar refractivity (Wildman–Crippen MR) is 87.0 cm³/mol. The fraction of sp³-hybridized carbons (Fsp3) is 0.625. The molecule has 0 spiro atoms. The highest BCUT2D eigenvalue weighted by atomic mass is 15.2. The zero-order valence-electron chi connectivity index (χ0n) is 13.0. The first-order valence-electron chi connectivity index (χ1n) is 8.08. The standard InChI is InChI=1S/C16H25N5/c1-3-5-13-6-4-9-20(10-7-13)16-15-18-8-11-21(15)12-14(17-2)19-16/h8,11-13,17H,3-7,9-10H2,1-2H3. The molecule has 3 heterocycles. The van der Waals surface area contributed by atoms with Crippen LogP contribution in [0.3, 0.4) is 0 Å². The molecule has 5 heteroatoms. The van der Waals surface area contributed by atoms with Crippen molar-refractivity contribution in [1.29, 1.82) is 0 Å². The van der Waals surface area contributed by atoms with E-state index in [9.17, 15) is 0 Å². The topological polar surface area (TPSA) is 45.5 Å². The normalized spacial score (nSPS) is 19.7. The fourth-order valence-electron chi connectivity index (χ4n) is 3.32. The van der Waals surface area contributed by atoms with E-state index in [1.807, 2.05) is 25.6 Å². The molecule has 0 bridgehead atoms. The highest BCUT2D eigenvalue weighted by Gasteiger charge is 2.20. The number of fused-ring (bicyclic) bond motifs is 1. The van der Waals surface area contributed by atoms with E-state index in [2.05, 4.69) is 26.5 Å². The third kappa shape index (κ3) is 2.96. The first-order chi connectivity index (χ1) is 10.3. The number of nitrogens with zero attached hydrogens (tertiary/aromatic N) is 4. The molecular formula is C16H25N5. The van der Waals surface area contributed by atoms with E-state index in [1.165, 1.54) is 32.1 Å². The van der Waals surface area contributed by atoms with Crippen molar-refractivity contribution in [3.05, 3.63) is 18.6 Å². The minimum Gasteiger partial charge on any atom is -0.372 e. The Labute approximate surface area is 126 Å². The lowest BCUT2D eigenvalue weighted by Crippen LogP contribution is -2.26. The summed E-state index contributed by atoms with van der Waals surface area (Å²) in [5.74, 6) is 2.79. The monoisotopic (exact) mass is 287 g/mol. The molecule has 1 unspecified atom stereocenters. The van der Waals surface area contributed by atoms with Crippen LogP contribution in [0.4, 0.5) is 11.6 Å². The van der Waals surface area contributed by atoms with E-state index in [1.54, 1.807) is 0 Å². The van der Waals surface area contributed by atoms with Crippen molar-refractivity contribution in [1.82, 2.24) is 14.4 Å². The van der Waals surface area contributed by atoms with Gasteiger partial charge in [0.25, 0.3) is 0 Å². The zero-order valence-corrected chi connectivity index (χ0v) is 13.0. The molecule has 1 aliphatic heterocycles. The van der Waals surface area contributed by atoms with Gasteiger partial charge in [0.1, 0.15) is 5.82 Å². The molecule has 1 aliphatic rings. The Bertz CT molecular complexity index is 591. The summed E-state index contributed by atoms with van der Waals surface area (Å²) >= 11 is 0. The molecule has 0 amide bonds. The van der Waals surface area contributed by atoms with E-state index in [-0.39, 0.29) is 0 Å². The van der Waals surface area contributed by atoms with Gasteiger partial charge in [0.2, 0.25) is 0 Å². The molecular weight excluding hydrogens is 262 g/mol. The molecule has 1 N–H and O–H groups in total. The number of hydrogen-bond donors (Lipinski definition) is 1.